The minimum atomic E-state index is -1.01. The van der Waals surface area contributed by atoms with Crippen molar-refractivity contribution < 1.29 is 13.9 Å². The van der Waals surface area contributed by atoms with Gasteiger partial charge in [-0.1, -0.05) is 6.92 Å². The normalized spacial score (nSPS) is 15.6. The minimum Gasteiger partial charge on any atom is -0.468 e. The third-order valence-electron chi connectivity index (χ3n) is 1.46. The van der Waals surface area contributed by atoms with E-state index >= 15 is 0 Å². The van der Waals surface area contributed by atoms with E-state index in [1.54, 1.807) is 6.92 Å². The van der Waals surface area contributed by atoms with Gasteiger partial charge in [0.25, 0.3) is 0 Å². The molecule has 3 nitrogen and oxygen atoms in total. The number of carbonyl (C=O) groups excluding carboxylic acids is 1. The molecular formula is C7H14FNO2. The van der Waals surface area contributed by atoms with Gasteiger partial charge in [-0.05, 0) is 6.42 Å². The molecule has 0 aromatic heterocycles. The summed E-state index contributed by atoms with van der Waals surface area (Å²) < 4.78 is 16.9. The molecule has 0 saturated carbocycles. The molecule has 2 unspecified atom stereocenters. The quantitative estimate of drug-likeness (QED) is 0.618. The predicted molar refractivity (Wildman–Crippen MR) is 39.8 cm³/mol. The Morgan fingerprint density at radius 3 is 2.64 bits per heavy atom. The Balaban J connectivity index is 3.67. The maximum absolute atomic E-state index is 12.6. The summed E-state index contributed by atoms with van der Waals surface area (Å²) in [7, 11) is 1.24. The van der Waals surface area contributed by atoms with Crippen molar-refractivity contribution in [2.24, 2.45) is 5.73 Å². The lowest BCUT2D eigenvalue weighted by Gasteiger charge is -2.10. The number of hydrogen-bond donors (Lipinski definition) is 1. The van der Waals surface area contributed by atoms with Crippen LogP contribution in [0.1, 0.15) is 19.8 Å². The van der Waals surface area contributed by atoms with Gasteiger partial charge in [0.05, 0.1) is 7.11 Å². The molecule has 66 valence electrons. The Bertz CT molecular complexity index is 130. The summed E-state index contributed by atoms with van der Waals surface area (Å²) in [5.74, 6) is -0.555. The molecule has 0 amide bonds. The van der Waals surface area contributed by atoms with E-state index in [4.69, 9.17) is 5.73 Å². The van der Waals surface area contributed by atoms with Crippen LogP contribution in [0.4, 0.5) is 4.39 Å². The molecule has 0 rings (SSSR count). The summed E-state index contributed by atoms with van der Waals surface area (Å²) in [4.78, 5) is 10.6. The molecule has 0 aliphatic heterocycles. The second-order valence-corrected chi connectivity index (χ2v) is 2.37. The zero-order valence-corrected chi connectivity index (χ0v) is 6.84. The highest BCUT2D eigenvalue weighted by Crippen LogP contribution is 2.05. The van der Waals surface area contributed by atoms with Crippen LogP contribution in [-0.4, -0.2) is 25.3 Å². The van der Waals surface area contributed by atoms with Crippen LogP contribution in [0.25, 0.3) is 0 Å². The van der Waals surface area contributed by atoms with E-state index in [0.29, 0.717) is 6.42 Å². The molecule has 2 atom stereocenters. The largest absolute Gasteiger partial charge is 0.468 e. The summed E-state index contributed by atoms with van der Waals surface area (Å²) in [5, 5.41) is 0. The summed E-state index contributed by atoms with van der Waals surface area (Å²) >= 11 is 0. The predicted octanol–water partition coefficient (Wildman–Crippen LogP) is 0.625. The zero-order chi connectivity index (χ0) is 8.85. The van der Waals surface area contributed by atoms with Gasteiger partial charge in [0.2, 0.25) is 0 Å². The molecular weight excluding hydrogens is 149 g/mol. The van der Waals surface area contributed by atoms with Crippen LogP contribution in [0.3, 0.4) is 0 Å². The number of carbonyl (C=O) groups is 1. The monoisotopic (exact) mass is 163 g/mol. The van der Waals surface area contributed by atoms with Crippen LogP contribution < -0.4 is 5.73 Å². The van der Waals surface area contributed by atoms with Gasteiger partial charge in [0, 0.05) is 6.42 Å². The lowest BCUT2D eigenvalue weighted by atomic mass is 10.1. The van der Waals surface area contributed by atoms with E-state index in [-0.39, 0.29) is 6.42 Å². The molecule has 0 aliphatic rings. The van der Waals surface area contributed by atoms with Gasteiger partial charge < -0.3 is 10.5 Å². The van der Waals surface area contributed by atoms with Gasteiger partial charge in [0.15, 0.2) is 0 Å². The number of rotatable bonds is 4. The Labute approximate surface area is 65.7 Å². The van der Waals surface area contributed by atoms with Gasteiger partial charge in [-0.25, -0.2) is 4.39 Å². The molecule has 0 heterocycles. The van der Waals surface area contributed by atoms with Crippen molar-refractivity contribution in [1.82, 2.24) is 0 Å². The van der Waals surface area contributed by atoms with Crippen LogP contribution >= 0.6 is 0 Å². The van der Waals surface area contributed by atoms with E-state index in [0.717, 1.165) is 0 Å². The van der Waals surface area contributed by atoms with Gasteiger partial charge >= 0.3 is 5.97 Å². The van der Waals surface area contributed by atoms with Gasteiger partial charge in [-0.15, -0.1) is 0 Å². The average Bonchev–Trinajstić information content (AvgIpc) is 2.02. The molecule has 0 aromatic rings. The Hall–Kier alpha value is -0.640. The van der Waals surface area contributed by atoms with Gasteiger partial charge in [-0.3, -0.25) is 4.79 Å². The van der Waals surface area contributed by atoms with Gasteiger partial charge in [0.1, 0.15) is 12.2 Å². The Kier molecular flexibility index (Phi) is 4.77. The van der Waals surface area contributed by atoms with Crippen molar-refractivity contribution >= 4 is 5.97 Å². The molecule has 0 bridgehead atoms. The fraction of sp³-hybridized carbons (Fsp3) is 0.857. The molecule has 0 spiro atoms. The van der Waals surface area contributed by atoms with Crippen molar-refractivity contribution in [3.05, 3.63) is 0 Å². The van der Waals surface area contributed by atoms with Crippen LogP contribution in [0, 0.1) is 0 Å². The molecule has 0 saturated heterocycles. The SMILES string of the molecule is CCC(F)CC(N)C(=O)OC. The first kappa shape index (κ1) is 10.4. The van der Waals surface area contributed by atoms with Crippen LogP contribution in [-0.2, 0) is 9.53 Å². The second kappa shape index (κ2) is 5.07. The second-order valence-electron chi connectivity index (χ2n) is 2.37. The number of halogens is 1. The third-order valence-corrected chi connectivity index (χ3v) is 1.46. The fourth-order valence-corrected chi connectivity index (χ4v) is 0.690. The zero-order valence-electron chi connectivity index (χ0n) is 6.84. The number of ether oxygens (including phenoxy) is 1. The average molecular weight is 163 g/mol. The topological polar surface area (TPSA) is 52.3 Å². The van der Waals surface area contributed by atoms with E-state index in [2.05, 4.69) is 4.74 Å². The lowest BCUT2D eigenvalue weighted by Crippen LogP contribution is -2.34. The first-order valence-corrected chi connectivity index (χ1v) is 3.59. The van der Waals surface area contributed by atoms with E-state index in [1.807, 2.05) is 0 Å². The number of methoxy groups -OCH3 is 1. The van der Waals surface area contributed by atoms with Crippen molar-refractivity contribution in [2.75, 3.05) is 7.11 Å². The van der Waals surface area contributed by atoms with Crippen molar-refractivity contribution in [1.29, 1.82) is 0 Å². The molecule has 0 aliphatic carbocycles. The lowest BCUT2D eigenvalue weighted by molar-refractivity contribution is -0.142. The van der Waals surface area contributed by atoms with E-state index in [1.165, 1.54) is 7.11 Å². The molecule has 0 fully saturated rings. The highest BCUT2D eigenvalue weighted by atomic mass is 19.1. The number of esters is 1. The molecule has 0 aromatic carbocycles. The van der Waals surface area contributed by atoms with Crippen LogP contribution in [0.5, 0.6) is 0 Å². The Morgan fingerprint density at radius 1 is 1.73 bits per heavy atom. The van der Waals surface area contributed by atoms with Crippen molar-refractivity contribution in [3.8, 4) is 0 Å². The number of hydrogen-bond acceptors (Lipinski definition) is 3. The molecule has 2 N–H and O–H groups in total. The summed E-state index contributed by atoms with van der Waals surface area (Å²) in [6.45, 7) is 1.70. The van der Waals surface area contributed by atoms with Crippen LogP contribution in [0.2, 0.25) is 0 Å². The minimum absolute atomic E-state index is 0.0448. The van der Waals surface area contributed by atoms with E-state index < -0.39 is 18.2 Å². The van der Waals surface area contributed by atoms with Crippen LogP contribution in [0.15, 0.2) is 0 Å². The summed E-state index contributed by atoms with van der Waals surface area (Å²) in [5.41, 5.74) is 5.29. The highest BCUT2D eigenvalue weighted by molar-refractivity contribution is 5.75. The summed E-state index contributed by atoms with van der Waals surface area (Å²) in [6, 6.07) is -0.824. The van der Waals surface area contributed by atoms with Crippen molar-refractivity contribution in [2.45, 2.75) is 32.0 Å². The maximum atomic E-state index is 12.6. The smallest absolute Gasteiger partial charge is 0.322 e. The molecule has 4 heteroatoms. The Morgan fingerprint density at radius 2 is 2.27 bits per heavy atom. The third kappa shape index (κ3) is 3.93. The van der Waals surface area contributed by atoms with Gasteiger partial charge in [-0.2, -0.15) is 0 Å². The molecule has 0 radical (unpaired) electrons. The van der Waals surface area contributed by atoms with E-state index in [9.17, 15) is 9.18 Å². The highest BCUT2D eigenvalue weighted by Gasteiger charge is 2.17. The summed E-state index contributed by atoms with van der Waals surface area (Å²) in [6.07, 6.45) is -0.586. The fourth-order valence-electron chi connectivity index (χ4n) is 0.690. The standard InChI is InChI=1S/C7H14FNO2/c1-3-5(8)4-6(9)7(10)11-2/h5-6H,3-4,9H2,1-2H3. The molecule has 11 heavy (non-hydrogen) atoms. The number of nitrogens with two attached hydrogens (primary N) is 1. The first-order chi connectivity index (χ1) is 5.11. The number of alkyl halides is 1. The maximum Gasteiger partial charge on any atom is 0.322 e. The van der Waals surface area contributed by atoms with Crippen molar-refractivity contribution in [3.63, 3.8) is 0 Å². The first-order valence-electron chi connectivity index (χ1n) is 3.59.